The van der Waals surface area contributed by atoms with Gasteiger partial charge in [0.2, 0.25) is 0 Å². The number of hydrogen-bond donors (Lipinski definition) is 0. The Balaban J connectivity index is 1.92. The van der Waals surface area contributed by atoms with Crippen LogP contribution in [0.25, 0.3) is 0 Å². The van der Waals surface area contributed by atoms with Crippen molar-refractivity contribution in [1.29, 1.82) is 0 Å². The number of amides is 1. The molecule has 0 atom stereocenters. The molecule has 1 fully saturated rings. The zero-order chi connectivity index (χ0) is 15.4. The lowest BCUT2D eigenvalue weighted by atomic mass is 10.1. The second-order valence-corrected chi connectivity index (χ2v) is 5.56. The van der Waals surface area contributed by atoms with Crippen molar-refractivity contribution in [3.05, 3.63) is 35.4 Å². The van der Waals surface area contributed by atoms with E-state index in [2.05, 4.69) is 9.80 Å². The molecule has 1 saturated heterocycles. The van der Waals surface area contributed by atoms with Crippen molar-refractivity contribution < 1.29 is 13.6 Å². The van der Waals surface area contributed by atoms with Gasteiger partial charge in [0, 0.05) is 39.3 Å². The molecule has 2 rings (SSSR count). The quantitative estimate of drug-likeness (QED) is 0.838. The van der Waals surface area contributed by atoms with Crippen LogP contribution in [0.4, 0.5) is 8.78 Å². The van der Waals surface area contributed by atoms with Crippen LogP contribution in [0.1, 0.15) is 10.4 Å². The van der Waals surface area contributed by atoms with Crippen LogP contribution in [0.5, 0.6) is 0 Å². The summed E-state index contributed by atoms with van der Waals surface area (Å²) in [5.74, 6) is -1.69. The van der Waals surface area contributed by atoms with E-state index in [4.69, 9.17) is 0 Å². The normalized spacial score (nSPS) is 16.5. The van der Waals surface area contributed by atoms with Crippen LogP contribution in [0.3, 0.4) is 0 Å². The fourth-order valence-electron chi connectivity index (χ4n) is 2.35. The average molecular weight is 297 g/mol. The number of benzene rings is 1. The lowest BCUT2D eigenvalue weighted by Gasteiger charge is -2.35. The highest BCUT2D eigenvalue weighted by molar-refractivity contribution is 5.94. The first-order valence-corrected chi connectivity index (χ1v) is 7.09. The van der Waals surface area contributed by atoms with E-state index in [9.17, 15) is 13.6 Å². The molecule has 0 aromatic heterocycles. The minimum Gasteiger partial charge on any atom is -0.336 e. The predicted molar refractivity (Wildman–Crippen MR) is 77.3 cm³/mol. The molecule has 0 saturated carbocycles. The summed E-state index contributed by atoms with van der Waals surface area (Å²) in [5, 5.41) is 0. The maximum Gasteiger partial charge on any atom is 0.257 e. The predicted octanol–water partition coefficient (Wildman–Crippen LogP) is 1.28. The second kappa shape index (κ2) is 6.95. The molecule has 21 heavy (non-hydrogen) atoms. The lowest BCUT2D eigenvalue weighted by molar-refractivity contribution is 0.0624. The van der Waals surface area contributed by atoms with Crippen molar-refractivity contribution in [3.63, 3.8) is 0 Å². The van der Waals surface area contributed by atoms with E-state index in [-0.39, 0.29) is 5.56 Å². The van der Waals surface area contributed by atoms with Crippen LogP contribution in [0.2, 0.25) is 0 Å². The number of hydrogen-bond acceptors (Lipinski definition) is 3. The van der Waals surface area contributed by atoms with E-state index in [1.165, 1.54) is 0 Å². The highest BCUT2D eigenvalue weighted by Crippen LogP contribution is 2.14. The SMILES string of the molecule is CN(C)CCN1CCN(C(=O)c2cc(F)ccc2F)CC1. The smallest absolute Gasteiger partial charge is 0.257 e. The van der Waals surface area contributed by atoms with E-state index in [1.807, 2.05) is 14.1 Å². The zero-order valence-corrected chi connectivity index (χ0v) is 12.5. The number of likely N-dealkylation sites (N-methyl/N-ethyl adjacent to an activating group) is 1. The number of carbonyl (C=O) groups excluding carboxylic acids is 1. The molecular formula is C15H21F2N3O. The molecule has 6 heteroatoms. The van der Waals surface area contributed by atoms with Crippen molar-refractivity contribution in [2.45, 2.75) is 0 Å². The van der Waals surface area contributed by atoms with Crippen LogP contribution in [-0.2, 0) is 0 Å². The molecule has 4 nitrogen and oxygen atoms in total. The van der Waals surface area contributed by atoms with E-state index in [0.717, 1.165) is 44.4 Å². The summed E-state index contributed by atoms with van der Waals surface area (Å²) < 4.78 is 26.8. The Hall–Kier alpha value is -1.53. The molecule has 1 amide bonds. The van der Waals surface area contributed by atoms with Gasteiger partial charge >= 0.3 is 0 Å². The minimum absolute atomic E-state index is 0.184. The molecule has 0 bridgehead atoms. The van der Waals surface area contributed by atoms with Gasteiger partial charge in [0.05, 0.1) is 5.56 Å². The van der Waals surface area contributed by atoms with E-state index in [0.29, 0.717) is 13.1 Å². The van der Waals surface area contributed by atoms with Gasteiger partial charge in [-0.2, -0.15) is 0 Å². The third-order valence-corrected chi connectivity index (χ3v) is 3.68. The molecule has 0 radical (unpaired) electrons. The minimum atomic E-state index is -0.670. The highest BCUT2D eigenvalue weighted by Gasteiger charge is 2.24. The fraction of sp³-hybridized carbons (Fsp3) is 0.533. The van der Waals surface area contributed by atoms with Gasteiger partial charge in [-0.3, -0.25) is 9.69 Å². The monoisotopic (exact) mass is 297 g/mol. The molecule has 116 valence electrons. The Bertz CT molecular complexity index is 500. The molecule has 0 aliphatic carbocycles. The molecule has 1 heterocycles. The summed E-state index contributed by atoms with van der Waals surface area (Å²) in [6.07, 6.45) is 0. The Morgan fingerprint density at radius 1 is 1.19 bits per heavy atom. The van der Waals surface area contributed by atoms with Gasteiger partial charge in [-0.25, -0.2) is 8.78 Å². The summed E-state index contributed by atoms with van der Waals surface area (Å²) in [5.41, 5.74) is -0.184. The van der Waals surface area contributed by atoms with Gasteiger partial charge < -0.3 is 9.80 Å². The first-order valence-electron chi connectivity index (χ1n) is 7.09. The maximum absolute atomic E-state index is 13.6. The van der Waals surface area contributed by atoms with Crippen LogP contribution < -0.4 is 0 Å². The molecular weight excluding hydrogens is 276 g/mol. The van der Waals surface area contributed by atoms with Gasteiger partial charge in [0.25, 0.3) is 5.91 Å². The Morgan fingerprint density at radius 2 is 1.86 bits per heavy atom. The number of piperazine rings is 1. The van der Waals surface area contributed by atoms with Gasteiger partial charge in [0.15, 0.2) is 0 Å². The number of carbonyl (C=O) groups is 1. The molecule has 1 aromatic rings. The van der Waals surface area contributed by atoms with Crippen molar-refractivity contribution in [1.82, 2.24) is 14.7 Å². The molecule has 0 N–H and O–H groups in total. The summed E-state index contributed by atoms with van der Waals surface area (Å²) in [6.45, 7) is 4.52. The second-order valence-electron chi connectivity index (χ2n) is 5.56. The third-order valence-electron chi connectivity index (χ3n) is 3.68. The molecule has 1 aromatic carbocycles. The number of rotatable bonds is 4. The highest BCUT2D eigenvalue weighted by atomic mass is 19.1. The van der Waals surface area contributed by atoms with E-state index >= 15 is 0 Å². The van der Waals surface area contributed by atoms with Gasteiger partial charge in [0.1, 0.15) is 11.6 Å². The Morgan fingerprint density at radius 3 is 2.48 bits per heavy atom. The van der Waals surface area contributed by atoms with Crippen LogP contribution >= 0.6 is 0 Å². The Kier molecular flexibility index (Phi) is 5.25. The van der Waals surface area contributed by atoms with Gasteiger partial charge in [-0.05, 0) is 32.3 Å². The van der Waals surface area contributed by atoms with Crippen LogP contribution in [-0.4, -0.2) is 74.0 Å². The van der Waals surface area contributed by atoms with Crippen molar-refractivity contribution >= 4 is 5.91 Å². The summed E-state index contributed by atoms with van der Waals surface area (Å²) >= 11 is 0. The van der Waals surface area contributed by atoms with Crippen LogP contribution in [0.15, 0.2) is 18.2 Å². The molecule has 0 unspecified atom stereocenters. The standard InChI is InChI=1S/C15H21F2N3O/c1-18(2)5-6-19-7-9-20(10-8-19)15(21)13-11-12(16)3-4-14(13)17/h3-4,11H,5-10H2,1-2H3. The topological polar surface area (TPSA) is 26.8 Å². The van der Waals surface area contributed by atoms with Crippen molar-refractivity contribution in [3.8, 4) is 0 Å². The largest absolute Gasteiger partial charge is 0.336 e. The van der Waals surface area contributed by atoms with Crippen molar-refractivity contribution in [2.24, 2.45) is 0 Å². The molecule has 1 aliphatic heterocycles. The van der Waals surface area contributed by atoms with Crippen molar-refractivity contribution in [2.75, 3.05) is 53.4 Å². The van der Waals surface area contributed by atoms with E-state index < -0.39 is 17.5 Å². The zero-order valence-electron chi connectivity index (χ0n) is 12.5. The van der Waals surface area contributed by atoms with E-state index in [1.54, 1.807) is 4.90 Å². The summed E-state index contributed by atoms with van der Waals surface area (Å²) in [6, 6.07) is 2.98. The molecule has 0 spiro atoms. The number of halogens is 2. The average Bonchev–Trinajstić information content (AvgIpc) is 2.47. The van der Waals surface area contributed by atoms with Gasteiger partial charge in [-0.15, -0.1) is 0 Å². The third kappa shape index (κ3) is 4.22. The fourth-order valence-corrected chi connectivity index (χ4v) is 2.35. The molecule has 1 aliphatic rings. The summed E-state index contributed by atoms with van der Waals surface area (Å²) in [7, 11) is 4.04. The summed E-state index contributed by atoms with van der Waals surface area (Å²) in [4.78, 5) is 18.2. The lowest BCUT2D eigenvalue weighted by Crippen LogP contribution is -2.50. The first-order chi connectivity index (χ1) is 9.97. The number of nitrogens with zero attached hydrogens (tertiary/aromatic N) is 3. The Labute approximate surface area is 123 Å². The van der Waals surface area contributed by atoms with Gasteiger partial charge in [-0.1, -0.05) is 0 Å². The van der Waals surface area contributed by atoms with Crippen LogP contribution in [0, 0.1) is 11.6 Å². The maximum atomic E-state index is 13.6. The first kappa shape index (κ1) is 15.9.